The molecule has 0 saturated carbocycles. The van der Waals surface area contributed by atoms with E-state index in [0.29, 0.717) is 17.8 Å². The number of alkyl halides is 3. The maximum Gasteiger partial charge on any atom is 0.393 e. The summed E-state index contributed by atoms with van der Waals surface area (Å²) in [4.78, 5) is 15.1. The molecule has 0 spiro atoms. The summed E-state index contributed by atoms with van der Waals surface area (Å²) in [6.45, 7) is 2.20. The first kappa shape index (κ1) is 14.4. The van der Waals surface area contributed by atoms with Crippen LogP contribution in [-0.4, -0.2) is 30.1 Å². The molecule has 0 radical (unpaired) electrons. The van der Waals surface area contributed by atoms with Gasteiger partial charge in [0.05, 0.1) is 10.8 Å². The molecular weight excluding hydrogens is 275 g/mol. The zero-order valence-corrected chi connectivity index (χ0v) is 11.5. The monoisotopic (exact) mass is 291 g/mol. The number of nitrogens with zero attached hydrogens (tertiary/aromatic N) is 1. The first-order valence-corrected chi connectivity index (χ1v) is 7.18. The SMILES string of the molecule is CCc1ccc(C(=O)N2CCC[C@H](C(F)(F)F)C2)s1. The number of hydrogen-bond donors (Lipinski definition) is 0. The van der Waals surface area contributed by atoms with Crippen molar-refractivity contribution in [2.45, 2.75) is 32.4 Å². The number of rotatable bonds is 2. The molecule has 106 valence electrons. The van der Waals surface area contributed by atoms with Gasteiger partial charge >= 0.3 is 6.18 Å². The van der Waals surface area contributed by atoms with Crippen molar-refractivity contribution in [2.24, 2.45) is 5.92 Å². The minimum atomic E-state index is -4.21. The fourth-order valence-corrected chi connectivity index (χ4v) is 3.18. The highest BCUT2D eigenvalue weighted by atomic mass is 32.1. The summed E-state index contributed by atoms with van der Waals surface area (Å²) >= 11 is 1.37. The van der Waals surface area contributed by atoms with Gasteiger partial charge in [0.1, 0.15) is 0 Å². The Morgan fingerprint density at radius 2 is 2.21 bits per heavy atom. The van der Waals surface area contributed by atoms with Crippen molar-refractivity contribution < 1.29 is 18.0 Å². The molecule has 1 saturated heterocycles. The Balaban J connectivity index is 2.07. The number of thiophene rings is 1. The maximum absolute atomic E-state index is 12.7. The van der Waals surface area contributed by atoms with Gasteiger partial charge in [-0.3, -0.25) is 4.79 Å². The number of carbonyl (C=O) groups is 1. The lowest BCUT2D eigenvalue weighted by molar-refractivity contribution is -0.184. The van der Waals surface area contributed by atoms with E-state index in [1.807, 2.05) is 13.0 Å². The largest absolute Gasteiger partial charge is 0.393 e. The summed E-state index contributed by atoms with van der Waals surface area (Å²) in [5.41, 5.74) is 0. The van der Waals surface area contributed by atoms with Gasteiger partial charge in [0.15, 0.2) is 0 Å². The highest BCUT2D eigenvalue weighted by Crippen LogP contribution is 2.33. The molecule has 0 aromatic carbocycles. The summed E-state index contributed by atoms with van der Waals surface area (Å²) in [6.07, 6.45) is -2.83. The first-order chi connectivity index (χ1) is 8.91. The Morgan fingerprint density at radius 1 is 1.47 bits per heavy atom. The molecule has 1 fully saturated rings. The van der Waals surface area contributed by atoms with E-state index in [2.05, 4.69) is 0 Å². The molecule has 2 heterocycles. The van der Waals surface area contributed by atoms with Gasteiger partial charge in [-0.2, -0.15) is 13.2 Å². The third-order valence-electron chi connectivity index (χ3n) is 3.39. The maximum atomic E-state index is 12.7. The number of amides is 1. The number of likely N-dealkylation sites (tertiary alicyclic amines) is 1. The predicted molar refractivity (Wildman–Crippen MR) is 68.4 cm³/mol. The molecule has 0 N–H and O–H groups in total. The van der Waals surface area contributed by atoms with Crippen LogP contribution < -0.4 is 0 Å². The van der Waals surface area contributed by atoms with Gasteiger partial charge in [-0.1, -0.05) is 6.92 Å². The summed E-state index contributed by atoms with van der Waals surface area (Å²) in [7, 11) is 0. The van der Waals surface area contributed by atoms with Crippen molar-refractivity contribution in [2.75, 3.05) is 13.1 Å². The summed E-state index contributed by atoms with van der Waals surface area (Å²) in [5, 5.41) is 0. The molecule has 19 heavy (non-hydrogen) atoms. The topological polar surface area (TPSA) is 20.3 Å². The van der Waals surface area contributed by atoms with Crippen molar-refractivity contribution in [1.29, 1.82) is 0 Å². The van der Waals surface area contributed by atoms with Crippen LogP contribution in [-0.2, 0) is 6.42 Å². The van der Waals surface area contributed by atoms with Crippen molar-refractivity contribution in [3.05, 3.63) is 21.9 Å². The number of halogens is 3. The quantitative estimate of drug-likeness (QED) is 0.813. The van der Waals surface area contributed by atoms with Crippen LogP contribution in [0, 0.1) is 5.92 Å². The average Bonchev–Trinajstić information content (AvgIpc) is 2.86. The molecule has 2 rings (SSSR count). The van der Waals surface area contributed by atoms with Crippen LogP contribution in [0.2, 0.25) is 0 Å². The highest BCUT2D eigenvalue weighted by molar-refractivity contribution is 7.14. The van der Waals surface area contributed by atoms with Crippen molar-refractivity contribution >= 4 is 17.2 Å². The van der Waals surface area contributed by atoms with Gasteiger partial charge in [0.25, 0.3) is 5.91 Å². The van der Waals surface area contributed by atoms with E-state index in [9.17, 15) is 18.0 Å². The lowest BCUT2D eigenvalue weighted by Gasteiger charge is -2.33. The van der Waals surface area contributed by atoms with Crippen LogP contribution in [0.15, 0.2) is 12.1 Å². The van der Waals surface area contributed by atoms with Gasteiger partial charge in [-0.05, 0) is 31.4 Å². The molecule has 1 aromatic heterocycles. The van der Waals surface area contributed by atoms with E-state index in [-0.39, 0.29) is 18.9 Å². The van der Waals surface area contributed by atoms with Crippen molar-refractivity contribution in [3.8, 4) is 0 Å². The Labute approximate surface area is 114 Å². The molecule has 1 aromatic rings. The highest BCUT2D eigenvalue weighted by Gasteiger charge is 2.42. The summed E-state index contributed by atoms with van der Waals surface area (Å²) in [5.74, 6) is -1.64. The number of piperidine rings is 1. The first-order valence-electron chi connectivity index (χ1n) is 6.36. The summed E-state index contributed by atoms with van der Waals surface area (Å²) in [6, 6.07) is 3.58. The van der Waals surface area contributed by atoms with Crippen molar-refractivity contribution in [3.63, 3.8) is 0 Å². The average molecular weight is 291 g/mol. The van der Waals surface area contributed by atoms with Crippen LogP contribution in [0.25, 0.3) is 0 Å². The van der Waals surface area contributed by atoms with E-state index in [4.69, 9.17) is 0 Å². The number of aryl methyl sites for hydroxylation is 1. The fourth-order valence-electron chi connectivity index (χ4n) is 2.27. The van der Waals surface area contributed by atoms with Crippen LogP contribution >= 0.6 is 11.3 Å². The minimum absolute atomic E-state index is 0.123. The second-order valence-corrected chi connectivity index (χ2v) is 5.92. The van der Waals surface area contributed by atoms with E-state index in [0.717, 1.165) is 11.3 Å². The molecule has 1 aliphatic rings. The third kappa shape index (κ3) is 3.29. The van der Waals surface area contributed by atoms with Gasteiger partial charge in [0.2, 0.25) is 0 Å². The van der Waals surface area contributed by atoms with E-state index in [1.165, 1.54) is 16.2 Å². The van der Waals surface area contributed by atoms with Gasteiger partial charge in [0, 0.05) is 18.0 Å². The van der Waals surface area contributed by atoms with E-state index in [1.54, 1.807) is 6.07 Å². The Hall–Kier alpha value is -1.04. The second-order valence-electron chi connectivity index (χ2n) is 4.75. The minimum Gasteiger partial charge on any atom is -0.337 e. The normalized spacial score (nSPS) is 20.6. The molecule has 1 aliphatic heterocycles. The Bertz CT molecular complexity index is 455. The molecule has 0 unspecified atom stereocenters. The third-order valence-corrected chi connectivity index (χ3v) is 4.61. The molecular formula is C13H16F3NOS. The summed E-state index contributed by atoms with van der Waals surface area (Å²) < 4.78 is 38.1. The number of carbonyl (C=O) groups excluding carboxylic acids is 1. The van der Waals surface area contributed by atoms with Gasteiger partial charge in [-0.15, -0.1) is 11.3 Å². The smallest absolute Gasteiger partial charge is 0.337 e. The van der Waals surface area contributed by atoms with Gasteiger partial charge < -0.3 is 4.90 Å². The standard InChI is InChI=1S/C13H16F3NOS/c1-2-10-5-6-11(19-10)12(18)17-7-3-4-9(8-17)13(14,15)16/h5-6,9H,2-4,7-8H2,1H3/t9-/m0/s1. The number of hydrogen-bond acceptors (Lipinski definition) is 2. The van der Waals surface area contributed by atoms with Crippen molar-refractivity contribution in [1.82, 2.24) is 4.90 Å². The zero-order chi connectivity index (χ0) is 14.0. The lowest BCUT2D eigenvalue weighted by Crippen LogP contribution is -2.44. The fraction of sp³-hybridized carbons (Fsp3) is 0.615. The second kappa shape index (κ2) is 5.53. The lowest BCUT2D eigenvalue weighted by atomic mass is 9.97. The molecule has 6 heteroatoms. The van der Waals surface area contributed by atoms with E-state index >= 15 is 0 Å². The predicted octanol–water partition coefficient (Wildman–Crippen LogP) is 3.73. The van der Waals surface area contributed by atoms with Crippen LogP contribution in [0.1, 0.15) is 34.3 Å². The zero-order valence-electron chi connectivity index (χ0n) is 10.7. The molecule has 0 bridgehead atoms. The van der Waals surface area contributed by atoms with Gasteiger partial charge in [-0.25, -0.2) is 0 Å². The van der Waals surface area contributed by atoms with Crippen LogP contribution in [0.4, 0.5) is 13.2 Å². The molecule has 1 atom stereocenters. The Kier molecular flexibility index (Phi) is 4.18. The van der Waals surface area contributed by atoms with Crippen LogP contribution in [0.3, 0.4) is 0 Å². The Morgan fingerprint density at radius 3 is 2.79 bits per heavy atom. The van der Waals surface area contributed by atoms with Crippen LogP contribution in [0.5, 0.6) is 0 Å². The van der Waals surface area contributed by atoms with E-state index < -0.39 is 12.1 Å². The molecule has 1 amide bonds. The molecule has 0 aliphatic carbocycles. The molecule has 2 nitrogen and oxygen atoms in total.